The molecule has 0 bridgehead atoms. The summed E-state index contributed by atoms with van der Waals surface area (Å²) in [5.41, 5.74) is 1.35. The van der Waals surface area contributed by atoms with Crippen LogP contribution in [-0.4, -0.2) is 36.1 Å². The van der Waals surface area contributed by atoms with Crippen LogP contribution in [0.3, 0.4) is 0 Å². The minimum absolute atomic E-state index is 0.175. The van der Waals surface area contributed by atoms with Crippen LogP contribution in [0, 0.1) is 0 Å². The molecule has 88 valence electrons. The van der Waals surface area contributed by atoms with E-state index < -0.39 is 0 Å². The zero-order chi connectivity index (χ0) is 11.4. The molecular weight excluding hydrogens is 222 g/mol. The van der Waals surface area contributed by atoms with Gasteiger partial charge in [-0.25, -0.2) is 0 Å². The molecule has 1 unspecified atom stereocenters. The van der Waals surface area contributed by atoms with E-state index in [2.05, 4.69) is 36.1 Å². The fourth-order valence-electron chi connectivity index (χ4n) is 2.20. The average Bonchev–Trinajstić information content (AvgIpc) is 2.29. The van der Waals surface area contributed by atoms with Crippen LogP contribution >= 0.6 is 11.6 Å². The zero-order valence-corrected chi connectivity index (χ0v) is 10.4. The average molecular weight is 240 g/mol. The molecule has 2 nitrogen and oxygen atoms in total. The van der Waals surface area contributed by atoms with Crippen LogP contribution in [0.1, 0.15) is 12.5 Å². The summed E-state index contributed by atoms with van der Waals surface area (Å²) < 4.78 is 5.73. The molecule has 0 saturated carbocycles. The number of halogens is 1. The highest BCUT2D eigenvalue weighted by Gasteiger charge is 2.24. The van der Waals surface area contributed by atoms with Gasteiger partial charge in [-0.2, -0.15) is 0 Å². The van der Waals surface area contributed by atoms with Gasteiger partial charge in [0, 0.05) is 25.5 Å². The molecule has 0 N–H and O–H groups in total. The number of alkyl halides is 1. The van der Waals surface area contributed by atoms with Gasteiger partial charge in [-0.15, -0.1) is 11.6 Å². The maximum absolute atomic E-state index is 5.86. The molecule has 0 spiro atoms. The lowest BCUT2D eigenvalue weighted by molar-refractivity contribution is -0.0688. The van der Waals surface area contributed by atoms with Crippen molar-refractivity contribution in [2.45, 2.75) is 25.7 Å². The highest BCUT2D eigenvalue weighted by atomic mass is 35.5. The van der Waals surface area contributed by atoms with Crippen LogP contribution in [-0.2, 0) is 11.3 Å². The lowest BCUT2D eigenvalue weighted by Gasteiger charge is -2.36. The Morgan fingerprint density at radius 2 is 2.06 bits per heavy atom. The standard InChI is InChI=1S/C13H18ClNO/c1-11-8-15(10-13(7-14)16-11)9-12-5-3-2-4-6-12/h2-6,11,13H,7-10H2,1H3/t11?,13-/m1/s1. The number of rotatable bonds is 3. The summed E-state index contributed by atoms with van der Waals surface area (Å²) in [6.07, 6.45) is 0.454. The first-order valence-corrected chi connectivity index (χ1v) is 6.29. The van der Waals surface area contributed by atoms with Crippen LogP contribution in [0.4, 0.5) is 0 Å². The van der Waals surface area contributed by atoms with E-state index in [1.807, 2.05) is 6.07 Å². The van der Waals surface area contributed by atoms with Crippen molar-refractivity contribution in [2.24, 2.45) is 0 Å². The molecule has 1 heterocycles. The maximum Gasteiger partial charge on any atom is 0.0841 e. The topological polar surface area (TPSA) is 12.5 Å². The monoisotopic (exact) mass is 239 g/mol. The van der Waals surface area contributed by atoms with E-state index in [4.69, 9.17) is 16.3 Å². The molecular formula is C13H18ClNO. The summed E-state index contributed by atoms with van der Waals surface area (Å²) in [5.74, 6) is 0.579. The van der Waals surface area contributed by atoms with Gasteiger partial charge in [-0.1, -0.05) is 30.3 Å². The Hall–Kier alpha value is -0.570. The van der Waals surface area contributed by atoms with Gasteiger partial charge in [0.05, 0.1) is 12.2 Å². The smallest absolute Gasteiger partial charge is 0.0841 e. The predicted molar refractivity (Wildman–Crippen MR) is 66.8 cm³/mol. The van der Waals surface area contributed by atoms with Crippen LogP contribution in [0.25, 0.3) is 0 Å². The molecule has 0 radical (unpaired) electrons. The van der Waals surface area contributed by atoms with Gasteiger partial charge < -0.3 is 4.74 Å². The quantitative estimate of drug-likeness (QED) is 0.752. The SMILES string of the molecule is CC1CN(Cc2ccccc2)C[C@@H](CCl)O1. The number of morpholine rings is 1. The third-order valence-corrected chi connectivity index (χ3v) is 3.17. The first-order valence-electron chi connectivity index (χ1n) is 5.75. The largest absolute Gasteiger partial charge is 0.371 e. The fourth-order valence-corrected chi connectivity index (χ4v) is 2.37. The lowest BCUT2D eigenvalue weighted by atomic mass is 10.1. The molecule has 0 aromatic heterocycles. The lowest BCUT2D eigenvalue weighted by Crippen LogP contribution is -2.46. The van der Waals surface area contributed by atoms with Crippen LogP contribution in [0.5, 0.6) is 0 Å². The number of hydrogen-bond acceptors (Lipinski definition) is 2. The second-order valence-electron chi connectivity index (χ2n) is 4.40. The first-order chi connectivity index (χ1) is 7.78. The summed E-state index contributed by atoms with van der Waals surface area (Å²) in [6.45, 7) is 5.02. The number of nitrogens with zero attached hydrogens (tertiary/aromatic N) is 1. The van der Waals surface area contributed by atoms with Gasteiger partial charge in [0.15, 0.2) is 0 Å². The molecule has 2 rings (SSSR count). The van der Waals surface area contributed by atoms with E-state index >= 15 is 0 Å². The Morgan fingerprint density at radius 3 is 2.75 bits per heavy atom. The van der Waals surface area contributed by atoms with Crippen molar-refractivity contribution in [1.82, 2.24) is 4.90 Å². The van der Waals surface area contributed by atoms with Gasteiger partial charge in [-0.05, 0) is 12.5 Å². The normalized spacial score (nSPS) is 26.9. The molecule has 2 atom stereocenters. The Balaban J connectivity index is 1.94. The van der Waals surface area contributed by atoms with E-state index in [0.717, 1.165) is 19.6 Å². The van der Waals surface area contributed by atoms with Crippen LogP contribution < -0.4 is 0 Å². The molecule has 1 aromatic carbocycles. The first kappa shape index (κ1) is 11.9. The molecule has 0 aliphatic carbocycles. The Morgan fingerprint density at radius 1 is 1.31 bits per heavy atom. The summed E-state index contributed by atoms with van der Waals surface area (Å²) in [7, 11) is 0. The third kappa shape index (κ3) is 3.21. The van der Waals surface area contributed by atoms with Crippen molar-refractivity contribution in [3.05, 3.63) is 35.9 Å². The molecule has 1 aliphatic heterocycles. The number of ether oxygens (including phenoxy) is 1. The van der Waals surface area contributed by atoms with Gasteiger partial charge in [0.2, 0.25) is 0 Å². The number of hydrogen-bond donors (Lipinski definition) is 0. The second kappa shape index (κ2) is 5.67. The van der Waals surface area contributed by atoms with E-state index in [1.54, 1.807) is 0 Å². The molecule has 1 fully saturated rings. The second-order valence-corrected chi connectivity index (χ2v) is 4.71. The van der Waals surface area contributed by atoms with E-state index in [0.29, 0.717) is 5.88 Å². The van der Waals surface area contributed by atoms with E-state index in [-0.39, 0.29) is 12.2 Å². The zero-order valence-electron chi connectivity index (χ0n) is 9.60. The van der Waals surface area contributed by atoms with Gasteiger partial charge in [-0.3, -0.25) is 4.90 Å². The van der Waals surface area contributed by atoms with E-state index in [1.165, 1.54) is 5.56 Å². The summed E-state index contributed by atoms with van der Waals surface area (Å²) in [4.78, 5) is 2.41. The van der Waals surface area contributed by atoms with Crippen LogP contribution in [0.2, 0.25) is 0 Å². The highest BCUT2D eigenvalue weighted by molar-refractivity contribution is 6.18. The van der Waals surface area contributed by atoms with Crippen molar-refractivity contribution >= 4 is 11.6 Å². The summed E-state index contributed by atoms with van der Waals surface area (Å²) in [6, 6.07) is 10.5. The summed E-state index contributed by atoms with van der Waals surface area (Å²) in [5, 5.41) is 0. The Labute approximate surface area is 102 Å². The van der Waals surface area contributed by atoms with Crippen molar-refractivity contribution < 1.29 is 4.74 Å². The van der Waals surface area contributed by atoms with Gasteiger partial charge in [0.1, 0.15) is 0 Å². The fraction of sp³-hybridized carbons (Fsp3) is 0.538. The molecule has 16 heavy (non-hydrogen) atoms. The Kier molecular flexibility index (Phi) is 4.22. The van der Waals surface area contributed by atoms with Gasteiger partial charge >= 0.3 is 0 Å². The predicted octanol–water partition coefficient (Wildman–Crippen LogP) is 2.51. The minimum atomic E-state index is 0.175. The number of benzene rings is 1. The van der Waals surface area contributed by atoms with Crippen molar-refractivity contribution in [2.75, 3.05) is 19.0 Å². The van der Waals surface area contributed by atoms with E-state index in [9.17, 15) is 0 Å². The molecule has 0 amide bonds. The molecule has 1 saturated heterocycles. The van der Waals surface area contributed by atoms with Crippen molar-refractivity contribution in [1.29, 1.82) is 0 Å². The molecule has 1 aromatic rings. The third-order valence-electron chi connectivity index (χ3n) is 2.82. The highest BCUT2D eigenvalue weighted by Crippen LogP contribution is 2.15. The Bertz CT molecular complexity index is 317. The minimum Gasteiger partial charge on any atom is -0.371 e. The van der Waals surface area contributed by atoms with Crippen molar-refractivity contribution in [3.8, 4) is 0 Å². The maximum atomic E-state index is 5.86. The molecule has 1 aliphatic rings. The van der Waals surface area contributed by atoms with Crippen LogP contribution in [0.15, 0.2) is 30.3 Å². The summed E-state index contributed by atoms with van der Waals surface area (Å²) >= 11 is 5.86. The molecule has 3 heteroatoms. The van der Waals surface area contributed by atoms with Gasteiger partial charge in [0.25, 0.3) is 0 Å². The van der Waals surface area contributed by atoms with Crippen molar-refractivity contribution in [3.63, 3.8) is 0 Å².